The van der Waals surface area contributed by atoms with Crippen molar-refractivity contribution in [3.63, 3.8) is 0 Å². The number of rotatable bonds is 4. The average Bonchev–Trinajstić information content (AvgIpc) is 3.43. The maximum atomic E-state index is 14.8. The molecule has 4 aromatic rings. The van der Waals surface area contributed by atoms with Crippen LogP contribution < -0.4 is 15.1 Å². The molecule has 0 spiro atoms. The Kier molecular flexibility index (Phi) is 7.12. The Bertz CT molecular complexity index is 1820. The molecular formula is C21H12Cl2F7N8O4+. The van der Waals surface area contributed by atoms with Crippen molar-refractivity contribution in [1.29, 1.82) is 0 Å². The van der Waals surface area contributed by atoms with Crippen molar-refractivity contribution in [3.8, 4) is 0 Å². The van der Waals surface area contributed by atoms with Crippen LogP contribution in [0, 0.1) is 5.82 Å². The summed E-state index contributed by atoms with van der Waals surface area (Å²) in [5.74, 6) is -7.33. The maximum Gasteiger partial charge on any atom is 0.495 e. The van der Waals surface area contributed by atoms with E-state index in [4.69, 9.17) is 23.2 Å². The first kappa shape index (κ1) is 29.2. The molecule has 222 valence electrons. The molecule has 1 N–H and O–H groups in total. The minimum absolute atomic E-state index is 0.0197. The van der Waals surface area contributed by atoms with Gasteiger partial charge < -0.3 is 4.90 Å². The molecule has 5 rings (SSSR count). The smallest absolute Gasteiger partial charge is 0.325 e. The lowest BCUT2D eigenvalue weighted by Gasteiger charge is -2.25. The summed E-state index contributed by atoms with van der Waals surface area (Å²) < 4.78 is 94.7. The first-order chi connectivity index (χ1) is 19.6. The van der Waals surface area contributed by atoms with E-state index in [1.165, 1.54) is 6.07 Å². The molecule has 0 unspecified atom stereocenters. The number of imidazole rings is 1. The molecule has 0 bridgehead atoms. The summed E-state index contributed by atoms with van der Waals surface area (Å²) in [5, 5.41) is 8.64. The van der Waals surface area contributed by atoms with Gasteiger partial charge in [0.05, 0.1) is 28.6 Å². The monoisotopic (exact) mass is 643 g/mol. The fraction of sp³-hybridized carbons (Fsp3) is 0.286. The minimum atomic E-state index is -5.56. The van der Waals surface area contributed by atoms with Crippen LogP contribution in [0.4, 0.5) is 30.7 Å². The van der Waals surface area contributed by atoms with Crippen LogP contribution in [0.5, 0.6) is 0 Å². The molecule has 0 saturated carbocycles. The predicted octanol–water partition coefficient (Wildman–Crippen LogP) is 2.13. The number of hydrogen-bond acceptors (Lipinski definition) is 7. The maximum absolute atomic E-state index is 14.8. The van der Waals surface area contributed by atoms with Crippen molar-refractivity contribution >= 4 is 40.7 Å². The fourth-order valence-electron chi connectivity index (χ4n) is 4.16. The summed E-state index contributed by atoms with van der Waals surface area (Å²) in [7, 11) is 0. The highest BCUT2D eigenvalue weighted by Gasteiger charge is 2.51. The Balaban J connectivity index is 1.45. The third-order valence-corrected chi connectivity index (χ3v) is 6.71. The van der Waals surface area contributed by atoms with Gasteiger partial charge in [0.15, 0.2) is 16.0 Å². The standard InChI is InChI=1S/C21H11Cl2F7N8O4/c22-13-14(23)37-15(31-13)11(32-33-19(37)41)6-8-1-2-10(24)9(5-8)16(39)35-3-4-36-12(7-35)38(34-17(36)20(25,26)27)42-18(40)21(28,29)30/h1-2,5H,3-4,6-7H2/p+1. The summed E-state index contributed by atoms with van der Waals surface area (Å²) in [6.07, 6.45) is -10.8. The molecule has 1 aliphatic heterocycles. The number of H-pyrrole nitrogens is 1. The number of amides is 1. The summed E-state index contributed by atoms with van der Waals surface area (Å²) in [5.41, 5.74) is -0.914. The third-order valence-electron chi connectivity index (χ3n) is 6.00. The van der Waals surface area contributed by atoms with Crippen LogP contribution in [0.15, 0.2) is 23.0 Å². The fourth-order valence-corrected chi connectivity index (χ4v) is 4.52. The number of nitrogens with zero attached hydrogens (tertiary/aromatic N) is 7. The zero-order chi connectivity index (χ0) is 30.7. The molecule has 21 heteroatoms. The normalized spacial score (nSPS) is 13.9. The number of benzene rings is 1. The van der Waals surface area contributed by atoms with Crippen molar-refractivity contribution in [2.75, 3.05) is 6.54 Å². The second-order valence-electron chi connectivity index (χ2n) is 8.68. The van der Waals surface area contributed by atoms with Gasteiger partial charge in [0.2, 0.25) is 0 Å². The van der Waals surface area contributed by atoms with Crippen molar-refractivity contribution in [2.45, 2.75) is 31.9 Å². The summed E-state index contributed by atoms with van der Waals surface area (Å²) in [4.78, 5) is 45.2. The second kappa shape index (κ2) is 10.2. The molecule has 0 radical (unpaired) electrons. The quantitative estimate of drug-likeness (QED) is 0.266. The Hall–Kier alpha value is -4.26. The van der Waals surface area contributed by atoms with Gasteiger partial charge in [0.1, 0.15) is 18.1 Å². The Labute approximate surface area is 236 Å². The minimum Gasteiger partial charge on any atom is -0.325 e. The lowest BCUT2D eigenvalue weighted by Crippen LogP contribution is -2.55. The predicted molar refractivity (Wildman–Crippen MR) is 123 cm³/mol. The van der Waals surface area contributed by atoms with Gasteiger partial charge in [-0.05, 0) is 17.7 Å². The Morgan fingerprint density at radius 2 is 1.86 bits per heavy atom. The summed E-state index contributed by atoms with van der Waals surface area (Å²) in [6, 6.07) is 3.32. The van der Waals surface area contributed by atoms with E-state index >= 15 is 0 Å². The van der Waals surface area contributed by atoms with Crippen LogP contribution in [-0.2, 0) is 30.5 Å². The van der Waals surface area contributed by atoms with Crippen molar-refractivity contribution in [2.24, 2.45) is 0 Å². The molecule has 3 aromatic heterocycles. The van der Waals surface area contributed by atoms with Crippen LogP contribution in [-0.4, -0.2) is 59.0 Å². The van der Waals surface area contributed by atoms with Gasteiger partial charge in [0.25, 0.3) is 5.91 Å². The largest absolute Gasteiger partial charge is 0.495 e. The molecule has 42 heavy (non-hydrogen) atoms. The van der Waals surface area contributed by atoms with E-state index in [-0.39, 0.29) is 38.5 Å². The van der Waals surface area contributed by atoms with Crippen LogP contribution in [0.3, 0.4) is 0 Å². The molecule has 0 saturated heterocycles. The SMILES string of the molecule is O=C(c1cc(Cc2n[nH]c(=O)n3c(Cl)c(Cl)nc23)ccc1F)N1CC[n+]2c(C(F)(F)F)nn(OC(=O)C(F)(F)F)c2C1. The van der Waals surface area contributed by atoms with Crippen LogP contribution >= 0.6 is 23.2 Å². The number of halogens is 9. The van der Waals surface area contributed by atoms with Gasteiger partial charge in [0, 0.05) is 6.42 Å². The molecule has 1 aliphatic rings. The molecule has 0 atom stereocenters. The van der Waals surface area contributed by atoms with Gasteiger partial charge in [-0.1, -0.05) is 29.3 Å². The molecule has 1 aromatic carbocycles. The van der Waals surface area contributed by atoms with Crippen molar-refractivity contribution in [1.82, 2.24) is 34.4 Å². The van der Waals surface area contributed by atoms with E-state index in [0.29, 0.717) is 4.57 Å². The second-order valence-corrected chi connectivity index (χ2v) is 9.40. The molecule has 0 fully saturated rings. The molecule has 4 heterocycles. The van der Waals surface area contributed by atoms with Gasteiger partial charge >= 0.3 is 35.7 Å². The van der Waals surface area contributed by atoms with Gasteiger partial charge in [-0.25, -0.2) is 37.9 Å². The van der Waals surface area contributed by atoms with Crippen LogP contribution in [0.25, 0.3) is 5.65 Å². The van der Waals surface area contributed by atoms with E-state index in [1.54, 1.807) is 0 Å². The average molecular weight is 644 g/mol. The van der Waals surface area contributed by atoms with E-state index in [0.717, 1.165) is 21.4 Å². The molecule has 0 aliphatic carbocycles. The molecular weight excluding hydrogens is 632 g/mol. The number of fused-ring (bicyclic) bond motifs is 2. The van der Waals surface area contributed by atoms with Crippen LogP contribution in [0.1, 0.15) is 33.3 Å². The third kappa shape index (κ3) is 5.24. The molecule has 1 amide bonds. The highest BCUT2D eigenvalue weighted by atomic mass is 35.5. The first-order valence-electron chi connectivity index (χ1n) is 11.3. The number of alkyl halides is 6. The highest BCUT2D eigenvalue weighted by Crippen LogP contribution is 2.28. The number of aromatic amines is 1. The summed E-state index contributed by atoms with van der Waals surface area (Å²) in [6.45, 7) is -1.89. The zero-order valence-corrected chi connectivity index (χ0v) is 21.7. The number of hydrogen-bond donors (Lipinski definition) is 1. The number of carbonyl (C=O) groups excluding carboxylic acids is 2. The van der Waals surface area contributed by atoms with Gasteiger partial charge in [-0.3, -0.25) is 4.79 Å². The topological polar surface area (TPSA) is 131 Å². The van der Waals surface area contributed by atoms with E-state index in [1.807, 2.05) is 0 Å². The van der Waals surface area contributed by atoms with E-state index in [2.05, 4.69) is 25.1 Å². The first-order valence-corrected chi connectivity index (χ1v) is 12.1. The Morgan fingerprint density at radius 1 is 1.14 bits per heavy atom. The van der Waals surface area contributed by atoms with Crippen molar-refractivity contribution in [3.05, 3.63) is 73.3 Å². The van der Waals surface area contributed by atoms with E-state index in [9.17, 15) is 45.1 Å². The Morgan fingerprint density at radius 3 is 2.52 bits per heavy atom. The number of carbonyl (C=O) groups is 2. The highest BCUT2D eigenvalue weighted by molar-refractivity contribution is 6.40. The van der Waals surface area contributed by atoms with Crippen LogP contribution in [0.2, 0.25) is 10.3 Å². The van der Waals surface area contributed by atoms with E-state index < -0.39 is 72.6 Å². The summed E-state index contributed by atoms with van der Waals surface area (Å²) >= 11 is 11.9. The van der Waals surface area contributed by atoms with Crippen molar-refractivity contribution < 1.29 is 49.7 Å². The van der Waals surface area contributed by atoms with Gasteiger partial charge in [-0.15, -0.1) is 0 Å². The molecule has 12 nitrogen and oxygen atoms in total. The lowest BCUT2D eigenvalue weighted by molar-refractivity contribution is -0.729. The lowest BCUT2D eigenvalue weighted by atomic mass is 10.0. The van der Waals surface area contributed by atoms with Gasteiger partial charge in [-0.2, -0.15) is 31.4 Å². The zero-order valence-electron chi connectivity index (χ0n) is 20.2. The number of nitrogens with one attached hydrogen (secondary N) is 1. The number of aromatic nitrogens is 7.